The zero-order chi connectivity index (χ0) is 26.7. The van der Waals surface area contributed by atoms with Crippen LogP contribution in [0.3, 0.4) is 0 Å². The summed E-state index contributed by atoms with van der Waals surface area (Å²) in [4.78, 5) is 18.1. The first-order chi connectivity index (χ1) is 18.0. The van der Waals surface area contributed by atoms with E-state index in [0.717, 1.165) is 16.1 Å². The molecule has 0 spiro atoms. The Hall–Kier alpha value is -2.12. The zero-order valence-corrected chi connectivity index (χ0v) is 23.1. The molecule has 2 aromatic rings. The van der Waals surface area contributed by atoms with Crippen molar-refractivity contribution in [3.8, 4) is 0 Å². The predicted molar refractivity (Wildman–Crippen MR) is 147 cm³/mol. The van der Waals surface area contributed by atoms with Crippen LogP contribution in [0.25, 0.3) is 0 Å². The quantitative estimate of drug-likeness (QED) is 0.205. The molecule has 0 saturated heterocycles. The van der Waals surface area contributed by atoms with Gasteiger partial charge in [0.1, 0.15) is 0 Å². The fourth-order valence-electron chi connectivity index (χ4n) is 3.14. The minimum atomic E-state index is -0.153. The van der Waals surface area contributed by atoms with Gasteiger partial charge >= 0.3 is 0 Å². The Morgan fingerprint density at radius 2 is 1.49 bits per heavy atom. The van der Waals surface area contributed by atoms with Crippen molar-refractivity contribution in [3.05, 3.63) is 40.4 Å². The summed E-state index contributed by atoms with van der Waals surface area (Å²) in [5.41, 5.74) is 7.79. The molecule has 2 rings (SSSR count). The number of aryl methyl sites for hydroxylation is 1. The molecule has 0 aliphatic rings. The summed E-state index contributed by atoms with van der Waals surface area (Å²) in [6, 6.07) is 5.68. The minimum Gasteiger partial charge on any atom is -0.383 e. The second-order valence-electron chi connectivity index (χ2n) is 8.48. The normalized spacial score (nSPS) is 11.3. The Labute approximate surface area is 224 Å². The number of nitrogens with one attached hydrogen (secondary N) is 2. The second-order valence-corrected chi connectivity index (χ2v) is 9.55. The van der Waals surface area contributed by atoms with Gasteiger partial charge in [-0.2, -0.15) is 0 Å². The van der Waals surface area contributed by atoms with Crippen molar-refractivity contribution in [2.45, 2.75) is 26.7 Å². The van der Waals surface area contributed by atoms with Crippen molar-refractivity contribution in [2.75, 3.05) is 89.8 Å². The van der Waals surface area contributed by atoms with Crippen molar-refractivity contribution in [3.63, 3.8) is 0 Å². The van der Waals surface area contributed by atoms with E-state index in [4.69, 9.17) is 29.4 Å². The van der Waals surface area contributed by atoms with Crippen LogP contribution in [0.15, 0.2) is 24.4 Å². The van der Waals surface area contributed by atoms with Gasteiger partial charge in [0.15, 0.2) is 5.13 Å². The second kappa shape index (κ2) is 19.0. The predicted octanol–water partition coefficient (Wildman–Crippen LogP) is 3.28. The Morgan fingerprint density at radius 3 is 2.00 bits per heavy atom. The van der Waals surface area contributed by atoms with E-state index in [-0.39, 0.29) is 5.91 Å². The van der Waals surface area contributed by atoms with E-state index in [2.05, 4.69) is 29.5 Å². The maximum atomic E-state index is 12.6. The summed E-state index contributed by atoms with van der Waals surface area (Å²) >= 11 is 1.51. The molecule has 10 nitrogen and oxygen atoms in total. The summed E-state index contributed by atoms with van der Waals surface area (Å²) in [6.45, 7) is 12.6. The van der Waals surface area contributed by atoms with E-state index >= 15 is 0 Å². The highest BCUT2D eigenvalue weighted by atomic mass is 32.1. The molecule has 1 aromatic heterocycles. The first-order valence-electron chi connectivity index (χ1n) is 12.7. The SMILES string of the molecule is Cc1cc(NCCOCCOCCOCCOCCOCCN)ccc1C(=O)Nc1ncc(C(C)C)s1. The van der Waals surface area contributed by atoms with Gasteiger partial charge in [-0.15, -0.1) is 11.3 Å². The Balaban J connectivity index is 1.47. The molecule has 0 aliphatic heterocycles. The third kappa shape index (κ3) is 13.3. The van der Waals surface area contributed by atoms with Gasteiger partial charge < -0.3 is 34.7 Å². The molecular weight excluding hydrogens is 496 g/mol. The van der Waals surface area contributed by atoms with E-state index in [0.29, 0.717) is 95.8 Å². The summed E-state index contributed by atoms with van der Waals surface area (Å²) in [5, 5.41) is 6.83. The minimum absolute atomic E-state index is 0.153. The van der Waals surface area contributed by atoms with Crippen LogP contribution in [0.1, 0.15) is 40.6 Å². The molecule has 1 heterocycles. The lowest BCUT2D eigenvalue weighted by Gasteiger charge is -2.11. The zero-order valence-electron chi connectivity index (χ0n) is 22.3. The van der Waals surface area contributed by atoms with E-state index in [9.17, 15) is 4.79 Å². The van der Waals surface area contributed by atoms with Crippen molar-refractivity contribution >= 4 is 28.1 Å². The first kappa shape index (κ1) is 31.1. The number of carbonyl (C=O) groups is 1. The van der Waals surface area contributed by atoms with Crippen LogP contribution >= 0.6 is 11.3 Å². The average Bonchev–Trinajstić information content (AvgIpc) is 3.35. The molecule has 0 fully saturated rings. The number of hydrogen-bond acceptors (Lipinski definition) is 10. The number of nitrogens with two attached hydrogens (primary N) is 1. The molecule has 1 amide bonds. The van der Waals surface area contributed by atoms with E-state index in [1.807, 2.05) is 31.3 Å². The lowest BCUT2D eigenvalue weighted by molar-refractivity contribution is -0.00985. The van der Waals surface area contributed by atoms with Gasteiger partial charge in [-0.25, -0.2) is 4.98 Å². The smallest absolute Gasteiger partial charge is 0.257 e. The topological polar surface area (TPSA) is 126 Å². The fourth-order valence-corrected chi connectivity index (χ4v) is 3.95. The summed E-state index contributed by atoms with van der Waals surface area (Å²) in [5.74, 6) is 0.237. The number of anilines is 2. The molecule has 4 N–H and O–H groups in total. The number of thiazole rings is 1. The Morgan fingerprint density at radius 1 is 0.919 bits per heavy atom. The van der Waals surface area contributed by atoms with E-state index in [1.165, 1.54) is 11.3 Å². The third-order valence-electron chi connectivity index (χ3n) is 5.11. The maximum Gasteiger partial charge on any atom is 0.257 e. The molecule has 208 valence electrons. The Kier molecular flexibility index (Phi) is 16.0. The highest BCUT2D eigenvalue weighted by Crippen LogP contribution is 2.26. The molecular formula is C26H42N4O6S. The van der Waals surface area contributed by atoms with Gasteiger partial charge in [0.25, 0.3) is 5.91 Å². The molecule has 0 bridgehead atoms. The van der Waals surface area contributed by atoms with Gasteiger partial charge in [-0.3, -0.25) is 10.1 Å². The number of rotatable bonds is 21. The van der Waals surface area contributed by atoms with Crippen LogP contribution in [0.4, 0.5) is 10.8 Å². The van der Waals surface area contributed by atoms with Crippen LogP contribution in [0.5, 0.6) is 0 Å². The van der Waals surface area contributed by atoms with Crippen LogP contribution in [0, 0.1) is 6.92 Å². The molecule has 0 unspecified atom stereocenters. The van der Waals surface area contributed by atoms with Crippen molar-refractivity contribution in [2.24, 2.45) is 5.73 Å². The van der Waals surface area contributed by atoms with Gasteiger partial charge in [0.05, 0.1) is 66.1 Å². The van der Waals surface area contributed by atoms with Gasteiger partial charge in [0, 0.05) is 35.4 Å². The lowest BCUT2D eigenvalue weighted by Crippen LogP contribution is -2.16. The molecule has 0 aliphatic carbocycles. The number of benzene rings is 1. The van der Waals surface area contributed by atoms with Crippen molar-refractivity contribution in [1.82, 2.24) is 4.98 Å². The maximum absolute atomic E-state index is 12.6. The van der Waals surface area contributed by atoms with Gasteiger partial charge in [-0.05, 0) is 36.6 Å². The van der Waals surface area contributed by atoms with Crippen molar-refractivity contribution < 1.29 is 28.5 Å². The number of hydrogen-bond donors (Lipinski definition) is 3. The fraction of sp³-hybridized carbons (Fsp3) is 0.615. The van der Waals surface area contributed by atoms with Crippen LogP contribution in [0.2, 0.25) is 0 Å². The highest BCUT2D eigenvalue weighted by Gasteiger charge is 2.13. The van der Waals surface area contributed by atoms with E-state index in [1.54, 1.807) is 0 Å². The molecule has 11 heteroatoms. The summed E-state index contributed by atoms with van der Waals surface area (Å²) in [7, 11) is 0. The largest absolute Gasteiger partial charge is 0.383 e. The van der Waals surface area contributed by atoms with Gasteiger partial charge in [-0.1, -0.05) is 13.8 Å². The standard InChI is InChI=1S/C26H42N4O6S/c1-20(2)24-19-29-26(37-24)30-25(31)23-5-4-22(18-21(23)3)28-7-9-33-11-13-35-15-17-36-16-14-34-12-10-32-8-6-27/h4-5,18-20,28H,6-17,27H2,1-3H3,(H,29,30,31). The molecule has 0 radical (unpaired) electrons. The number of amides is 1. The first-order valence-corrected chi connectivity index (χ1v) is 13.5. The molecule has 37 heavy (non-hydrogen) atoms. The molecule has 0 saturated carbocycles. The summed E-state index contributed by atoms with van der Waals surface area (Å²) in [6.07, 6.45) is 1.82. The molecule has 1 aromatic carbocycles. The molecule has 0 atom stereocenters. The van der Waals surface area contributed by atoms with Crippen LogP contribution < -0.4 is 16.4 Å². The van der Waals surface area contributed by atoms with Gasteiger partial charge in [0.2, 0.25) is 0 Å². The van der Waals surface area contributed by atoms with Crippen LogP contribution in [-0.2, 0) is 23.7 Å². The highest BCUT2D eigenvalue weighted by molar-refractivity contribution is 7.15. The number of ether oxygens (including phenoxy) is 5. The number of carbonyl (C=O) groups excluding carboxylic acids is 1. The number of nitrogens with zero attached hydrogens (tertiary/aromatic N) is 1. The summed E-state index contributed by atoms with van der Waals surface area (Å²) < 4.78 is 27.1. The van der Waals surface area contributed by atoms with Crippen molar-refractivity contribution in [1.29, 1.82) is 0 Å². The van der Waals surface area contributed by atoms with Crippen LogP contribution in [-0.4, -0.2) is 90.0 Å². The Bertz CT molecular complexity index is 896. The number of aromatic nitrogens is 1. The third-order valence-corrected chi connectivity index (χ3v) is 6.32. The van der Waals surface area contributed by atoms with E-state index < -0.39 is 0 Å². The average molecular weight is 539 g/mol. The monoisotopic (exact) mass is 538 g/mol. The lowest BCUT2D eigenvalue weighted by atomic mass is 10.1.